The van der Waals surface area contributed by atoms with Crippen LogP contribution in [0.5, 0.6) is 0 Å². The first-order chi connectivity index (χ1) is 12.5. The van der Waals surface area contributed by atoms with E-state index in [1.165, 1.54) is 11.8 Å². The highest BCUT2D eigenvalue weighted by atomic mass is 35.5. The number of rotatable bonds is 7. The summed E-state index contributed by atoms with van der Waals surface area (Å²) in [6.45, 7) is 6.09. The largest absolute Gasteiger partial charge is 0.396 e. The number of anilines is 2. The topological polar surface area (TPSA) is 94.4 Å². The number of hydrogen-bond donors (Lipinski definition) is 3. The van der Waals surface area contributed by atoms with Gasteiger partial charge in [0.15, 0.2) is 0 Å². The van der Waals surface area contributed by atoms with Gasteiger partial charge < -0.3 is 20.4 Å². The van der Waals surface area contributed by atoms with Crippen molar-refractivity contribution in [1.82, 2.24) is 15.0 Å². The molecule has 0 unspecified atom stereocenters. The van der Waals surface area contributed by atoms with Crippen LogP contribution in [0.25, 0.3) is 0 Å². The molecule has 0 atom stereocenters. The van der Waals surface area contributed by atoms with Gasteiger partial charge in [-0.15, -0.1) is 0 Å². The molecule has 26 heavy (non-hydrogen) atoms. The Labute approximate surface area is 161 Å². The fraction of sp³-hybridized carbons (Fsp3) is 0.471. The third-order valence-electron chi connectivity index (χ3n) is 4.19. The maximum Gasteiger partial charge on any atom is 0.150 e. The number of pyridine rings is 1. The van der Waals surface area contributed by atoms with Gasteiger partial charge in [0.1, 0.15) is 22.4 Å². The van der Waals surface area contributed by atoms with Crippen LogP contribution in [0, 0.1) is 5.41 Å². The lowest BCUT2D eigenvalue weighted by Gasteiger charge is -2.48. The molecule has 1 aliphatic rings. The smallest absolute Gasteiger partial charge is 0.150 e. The van der Waals surface area contributed by atoms with Crippen LogP contribution in [0.2, 0.25) is 5.02 Å². The van der Waals surface area contributed by atoms with Gasteiger partial charge in [0, 0.05) is 36.1 Å². The van der Waals surface area contributed by atoms with Gasteiger partial charge in [-0.2, -0.15) is 0 Å². The van der Waals surface area contributed by atoms with Crippen LogP contribution in [0.4, 0.5) is 11.6 Å². The van der Waals surface area contributed by atoms with Gasteiger partial charge in [-0.3, -0.25) is 0 Å². The summed E-state index contributed by atoms with van der Waals surface area (Å²) < 4.78 is 0. The summed E-state index contributed by atoms with van der Waals surface area (Å²) in [7, 11) is 0. The second-order valence-electron chi connectivity index (χ2n) is 6.57. The quantitative estimate of drug-likeness (QED) is 0.658. The molecule has 2 aromatic heterocycles. The van der Waals surface area contributed by atoms with Crippen LogP contribution in [0.1, 0.15) is 19.5 Å². The number of halogens is 1. The summed E-state index contributed by atoms with van der Waals surface area (Å²) in [4.78, 5) is 16.0. The van der Waals surface area contributed by atoms with Gasteiger partial charge in [0.05, 0.1) is 24.4 Å². The Morgan fingerprint density at radius 3 is 2.77 bits per heavy atom. The third-order valence-corrected chi connectivity index (χ3v) is 5.64. The Morgan fingerprint density at radius 1 is 1.35 bits per heavy atom. The molecule has 3 rings (SSSR count). The lowest BCUT2D eigenvalue weighted by molar-refractivity contribution is 0.110. The van der Waals surface area contributed by atoms with Crippen LogP contribution in [-0.2, 0) is 6.61 Å². The van der Waals surface area contributed by atoms with Crippen molar-refractivity contribution in [2.45, 2.75) is 30.4 Å². The van der Waals surface area contributed by atoms with E-state index in [4.69, 9.17) is 11.6 Å². The summed E-state index contributed by atoms with van der Waals surface area (Å²) in [6.07, 6.45) is 3.37. The maximum atomic E-state index is 9.50. The minimum atomic E-state index is -0.188. The molecule has 7 nitrogen and oxygen atoms in total. The zero-order valence-corrected chi connectivity index (χ0v) is 16.3. The molecule has 0 radical (unpaired) electrons. The predicted molar refractivity (Wildman–Crippen MR) is 103 cm³/mol. The van der Waals surface area contributed by atoms with Crippen molar-refractivity contribution < 1.29 is 10.2 Å². The highest BCUT2D eigenvalue weighted by Gasteiger charge is 2.39. The van der Waals surface area contributed by atoms with Crippen molar-refractivity contribution in [3.8, 4) is 0 Å². The highest BCUT2D eigenvalue weighted by Crippen LogP contribution is 2.41. The molecule has 9 heteroatoms. The minimum Gasteiger partial charge on any atom is -0.396 e. The molecule has 1 saturated heterocycles. The second kappa shape index (κ2) is 7.96. The van der Waals surface area contributed by atoms with Crippen LogP contribution >= 0.6 is 23.4 Å². The SMILES string of the molecule is CCNc1ncc(Sc2ccnc(N3CC(C)(CO)C3)c2Cl)nc1CO. The molecule has 0 aromatic carbocycles. The van der Waals surface area contributed by atoms with Crippen molar-refractivity contribution in [2.75, 3.05) is 36.5 Å². The van der Waals surface area contributed by atoms with Gasteiger partial charge in [-0.1, -0.05) is 30.3 Å². The van der Waals surface area contributed by atoms with Gasteiger partial charge in [-0.05, 0) is 13.0 Å². The third kappa shape index (κ3) is 3.88. The molecule has 0 saturated carbocycles. The standard InChI is InChI=1S/C17H22ClN5O2S/c1-3-19-15-11(7-24)22-13(6-21-15)26-12-4-5-20-16(14(12)18)23-8-17(2,9-23)10-25/h4-6,24-25H,3,7-10H2,1-2H3,(H,19,21). The van der Waals surface area contributed by atoms with Crippen LogP contribution in [0.15, 0.2) is 28.4 Å². The monoisotopic (exact) mass is 395 g/mol. The molecule has 1 aliphatic heterocycles. The Bertz CT molecular complexity index is 786. The zero-order chi connectivity index (χ0) is 18.7. The van der Waals surface area contributed by atoms with Gasteiger partial charge in [-0.25, -0.2) is 15.0 Å². The number of nitrogens with zero attached hydrogens (tertiary/aromatic N) is 4. The van der Waals surface area contributed by atoms with Crippen LogP contribution in [-0.4, -0.2) is 51.4 Å². The summed E-state index contributed by atoms with van der Waals surface area (Å²) >= 11 is 7.94. The van der Waals surface area contributed by atoms with Crippen molar-refractivity contribution in [1.29, 1.82) is 0 Å². The first kappa shape index (κ1) is 19.2. The average Bonchev–Trinajstić information content (AvgIpc) is 2.62. The average molecular weight is 396 g/mol. The van der Waals surface area contributed by atoms with Gasteiger partial charge in [0.25, 0.3) is 0 Å². The molecule has 3 heterocycles. The lowest BCUT2D eigenvalue weighted by atomic mass is 9.83. The second-order valence-corrected chi connectivity index (χ2v) is 8.01. The first-order valence-electron chi connectivity index (χ1n) is 8.38. The van der Waals surface area contributed by atoms with Crippen molar-refractivity contribution >= 4 is 35.0 Å². The fourth-order valence-electron chi connectivity index (χ4n) is 2.84. The molecule has 0 amide bonds. The van der Waals surface area contributed by atoms with E-state index in [0.29, 0.717) is 33.9 Å². The van der Waals surface area contributed by atoms with E-state index in [2.05, 4.69) is 25.2 Å². The molecule has 140 valence electrons. The molecule has 3 N–H and O–H groups in total. The zero-order valence-electron chi connectivity index (χ0n) is 14.7. The molecular formula is C17H22ClN5O2S. The molecule has 0 spiro atoms. The van der Waals surface area contributed by atoms with Crippen molar-refractivity contribution in [3.63, 3.8) is 0 Å². The van der Waals surface area contributed by atoms with E-state index < -0.39 is 0 Å². The number of hydrogen-bond acceptors (Lipinski definition) is 8. The lowest BCUT2D eigenvalue weighted by Crippen LogP contribution is -2.57. The Hall–Kier alpha value is -1.61. The maximum absolute atomic E-state index is 9.50. The van der Waals surface area contributed by atoms with Crippen LogP contribution < -0.4 is 10.2 Å². The summed E-state index contributed by atoms with van der Waals surface area (Å²) in [5.74, 6) is 1.30. The van der Waals surface area contributed by atoms with Gasteiger partial charge in [0.2, 0.25) is 0 Å². The first-order valence-corrected chi connectivity index (χ1v) is 9.58. The Balaban J connectivity index is 1.80. The molecule has 0 bridgehead atoms. The predicted octanol–water partition coefficient (Wildman–Crippen LogP) is 2.42. The number of nitrogens with one attached hydrogen (secondary N) is 1. The minimum absolute atomic E-state index is 0.0994. The summed E-state index contributed by atoms with van der Waals surface area (Å²) in [5, 5.41) is 23.2. The summed E-state index contributed by atoms with van der Waals surface area (Å²) in [5.41, 5.74) is 0.404. The van der Waals surface area contributed by atoms with E-state index in [1.807, 2.05) is 19.9 Å². The Kier molecular flexibility index (Phi) is 5.86. The van der Waals surface area contributed by atoms with E-state index in [-0.39, 0.29) is 18.6 Å². The van der Waals surface area contributed by atoms with Gasteiger partial charge >= 0.3 is 0 Å². The molecule has 1 fully saturated rings. The van der Waals surface area contributed by atoms with Crippen LogP contribution in [0.3, 0.4) is 0 Å². The van der Waals surface area contributed by atoms with E-state index in [9.17, 15) is 10.2 Å². The molecule has 0 aliphatic carbocycles. The van der Waals surface area contributed by atoms with Crippen molar-refractivity contribution in [3.05, 3.63) is 29.2 Å². The molecule has 2 aromatic rings. The van der Waals surface area contributed by atoms with E-state index in [0.717, 1.165) is 18.0 Å². The summed E-state index contributed by atoms with van der Waals surface area (Å²) in [6, 6.07) is 1.83. The fourth-order valence-corrected chi connectivity index (χ4v) is 3.98. The van der Waals surface area contributed by atoms with E-state index in [1.54, 1.807) is 12.4 Å². The number of aromatic nitrogens is 3. The number of aliphatic hydroxyl groups is 2. The normalized spacial score (nSPS) is 15.7. The number of aliphatic hydroxyl groups excluding tert-OH is 2. The Morgan fingerprint density at radius 2 is 2.12 bits per heavy atom. The molecular weight excluding hydrogens is 374 g/mol. The van der Waals surface area contributed by atoms with E-state index >= 15 is 0 Å². The van der Waals surface area contributed by atoms with Crippen molar-refractivity contribution in [2.24, 2.45) is 5.41 Å². The highest BCUT2D eigenvalue weighted by molar-refractivity contribution is 7.99.